The van der Waals surface area contributed by atoms with Crippen LogP contribution in [0.1, 0.15) is 12.5 Å². The summed E-state index contributed by atoms with van der Waals surface area (Å²) >= 11 is 5.87. The highest BCUT2D eigenvalue weighted by atomic mass is 35.5. The van der Waals surface area contributed by atoms with Gasteiger partial charge in [0.1, 0.15) is 11.5 Å². The average Bonchev–Trinajstić information content (AvgIpc) is 2.61. The molecule has 0 fully saturated rings. The molecule has 0 aliphatic rings. The topological polar surface area (TPSA) is 73.9 Å². The molecule has 6 nitrogen and oxygen atoms in total. The normalized spacial score (nSPS) is 11.4. The summed E-state index contributed by atoms with van der Waals surface area (Å²) in [5.41, 5.74) is 1.29. The Morgan fingerprint density at radius 2 is 1.88 bits per heavy atom. The van der Waals surface area contributed by atoms with E-state index in [9.17, 15) is 9.59 Å². The van der Waals surface area contributed by atoms with Crippen molar-refractivity contribution < 1.29 is 23.8 Å². The Morgan fingerprint density at radius 3 is 2.58 bits per heavy atom. The van der Waals surface area contributed by atoms with Crippen molar-refractivity contribution in [3.8, 4) is 11.5 Å². The van der Waals surface area contributed by atoms with Crippen molar-refractivity contribution in [2.75, 3.05) is 19.0 Å². The van der Waals surface area contributed by atoms with Gasteiger partial charge in [0.2, 0.25) is 0 Å². The van der Waals surface area contributed by atoms with Gasteiger partial charge in [0.15, 0.2) is 12.7 Å². The number of nitrogens with one attached hydrogen (secondary N) is 1. The predicted molar refractivity (Wildman–Crippen MR) is 98.9 cm³/mol. The van der Waals surface area contributed by atoms with Crippen LogP contribution in [0.15, 0.2) is 42.5 Å². The molecule has 26 heavy (non-hydrogen) atoms. The third-order valence-electron chi connectivity index (χ3n) is 3.52. The first-order valence-corrected chi connectivity index (χ1v) is 8.31. The van der Waals surface area contributed by atoms with Crippen LogP contribution in [0.2, 0.25) is 5.02 Å². The maximum Gasteiger partial charge on any atom is 0.344 e. The van der Waals surface area contributed by atoms with Gasteiger partial charge in [-0.2, -0.15) is 0 Å². The zero-order chi connectivity index (χ0) is 19.1. The molecular formula is C19H20ClNO5. The second-order valence-electron chi connectivity index (χ2n) is 5.52. The third kappa shape index (κ3) is 5.39. The smallest absolute Gasteiger partial charge is 0.344 e. The van der Waals surface area contributed by atoms with Crippen molar-refractivity contribution in [1.82, 2.24) is 0 Å². The van der Waals surface area contributed by atoms with Crippen molar-refractivity contribution in [3.63, 3.8) is 0 Å². The van der Waals surface area contributed by atoms with Gasteiger partial charge in [-0.15, -0.1) is 0 Å². The Morgan fingerprint density at radius 1 is 1.15 bits per heavy atom. The van der Waals surface area contributed by atoms with Crippen molar-refractivity contribution in [2.24, 2.45) is 0 Å². The number of hydrogen-bond donors (Lipinski definition) is 1. The van der Waals surface area contributed by atoms with Gasteiger partial charge < -0.3 is 19.5 Å². The number of aryl methyl sites for hydroxylation is 1. The fraction of sp³-hybridized carbons (Fsp3) is 0.263. The highest BCUT2D eigenvalue weighted by Gasteiger charge is 2.19. The summed E-state index contributed by atoms with van der Waals surface area (Å²) in [6.07, 6.45) is -0.984. The number of halogens is 1. The fourth-order valence-electron chi connectivity index (χ4n) is 2.18. The number of para-hydroxylation sites is 2. The molecule has 0 aliphatic carbocycles. The van der Waals surface area contributed by atoms with E-state index in [1.54, 1.807) is 42.5 Å². The van der Waals surface area contributed by atoms with E-state index in [0.717, 1.165) is 5.56 Å². The Hall–Kier alpha value is -2.73. The molecule has 0 aliphatic heterocycles. The van der Waals surface area contributed by atoms with Crippen molar-refractivity contribution in [1.29, 1.82) is 0 Å². The number of methoxy groups -OCH3 is 1. The minimum Gasteiger partial charge on any atom is -0.495 e. The first-order valence-electron chi connectivity index (χ1n) is 7.93. The molecule has 0 heterocycles. The molecule has 1 amide bonds. The average molecular weight is 378 g/mol. The summed E-state index contributed by atoms with van der Waals surface area (Å²) < 4.78 is 15.7. The standard InChI is InChI=1S/C19H20ClNO5/c1-12-10-14(20)8-9-16(12)25-11-18(22)26-13(2)19(23)21-15-6-4-5-7-17(15)24-3/h4-10,13H,11H2,1-3H3,(H,21,23)/t13-/m1/s1. The second kappa shape index (κ2) is 9.10. The minimum absolute atomic E-state index is 0.311. The molecule has 2 aromatic rings. The largest absolute Gasteiger partial charge is 0.495 e. The number of amides is 1. The molecular weight excluding hydrogens is 358 g/mol. The Bertz CT molecular complexity index is 793. The quantitative estimate of drug-likeness (QED) is 0.746. The van der Waals surface area contributed by atoms with Gasteiger partial charge in [0.05, 0.1) is 12.8 Å². The Labute approximate surface area is 157 Å². The van der Waals surface area contributed by atoms with Crippen LogP contribution in [0.3, 0.4) is 0 Å². The number of anilines is 1. The van der Waals surface area contributed by atoms with Gasteiger partial charge in [-0.25, -0.2) is 4.79 Å². The fourth-order valence-corrected chi connectivity index (χ4v) is 2.41. The van der Waals surface area contributed by atoms with Crippen LogP contribution in [0.4, 0.5) is 5.69 Å². The molecule has 0 bridgehead atoms. The van der Waals surface area contributed by atoms with E-state index in [0.29, 0.717) is 22.2 Å². The molecule has 0 spiro atoms. The summed E-state index contributed by atoms with van der Waals surface area (Å²) in [6, 6.07) is 12.0. The third-order valence-corrected chi connectivity index (χ3v) is 3.76. The van der Waals surface area contributed by atoms with Gasteiger partial charge in [-0.3, -0.25) is 4.79 Å². The van der Waals surface area contributed by atoms with Crippen LogP contribution >= 0.6 is 11.6 Å². The summed E-state index contributed by atoms with van der Waals surface area (Å²) in [4.78, 5) is 24.1. The summed E-state index contributed by atoms with van der Waals surface area (Å²) in [5, 5.41) is 3.24. The first kappa shape index (κ1) is 19.6. The molecule has 2 rings (SSSR count). The number of rotatable bonds is 7. The molecule has 0 aromatic heterocycles. The Kier molecular flexibility index (Phi) is 6.86. The molecule has 138 valence electrons. The lowest BCUT2D eigenvalue weighted by atomic mass is 10.2. The zero-order valence-electron chi connectivity index (χ0n) is 14.7. The molecule has 0 unspecified atom stereocenters. The van der Waals surface area contributed by atoms with E-state index in [2.05, 4.69) is 5.32 Å². The van der Waals surface area contributed by atoms with Crippen LogP contribution in [0.25, 0.3) is 0 Å². The number of benzene rings is 2. The van der Waals surface area contributed by atoms with E-state index >= 15 is 0 Å². The maximum atomic E-state index is 12.2. The molecule has 1 atom stereocenters. The van der Waals surface area contributed by atoms with Gasteiger partial charge >= 0.3 is 5.97 Å². The summed E-state index contributed by atoms with van der Waals surface area (Å²) in [7, 11) is 1.50. The SMILES string of the molecule is COc1ccccc1NC(=O)[C@@H](C)OC(=O)COc1ccc(Cl)cc1C. The summed E-state index contributed by atoms with van der Waals surface area (Å²) in [5.74, 6) is -0.0778. The Balaban J connectivity index is 1.86. The number of ether oxygens (including phenoxy) is 3. The molecule has 1 N–H and O–H groups in total. The highest BCUT2D eigenvalue weighted by Crippen LogP contribution is 2.23. The lowest BCUT2D eigenvalue weighted by Gasteiger charge is -2.15. The lowest BCUT2D eigenvalue weighted by molar-refractivity contribution is -0.155. The molecule has 2 aromatic carbocycles. The van der Waals surface area contributed by atoms with Gasteiger partial charge in [-0.05, 0) is 49.7 Å². The maximum absolute atomic E-state index is 12.2. The van der Waals surface area contributed by atoms with E-state index in [4.69, 9.17) is 25.8 Å². The first-order chi connectivity index (χ1) is 12.4. The molecule has 0 radical (unpaired) electrons. The van der Waals surface area contributed by atoms with Gasteiger partial charge in [-0.1, -0.05) is 23.7 Å². The van der Waals surface area contributed by atoms with Crippen molar-refractivity contribution >= 4 is 29.2 Å². The van der Waals surface area contributed by atoms with Crippen molar-refractivity contribution in [2.45, 2.75) is 20.0 Å². The minimum atomic E-state index is -0.984. The number of carbonyl (C=O) groups excluding carboxylic acids is 2. The second-order valence-corrected chi connectivity index (χ2v) is 5.96. The van der Waals surface area contributed by atoms with Crippen LogP contribution in [0.5, 0.6) is 11.5 Å². The summed E-state index contributed by atoms with van der Waals surface area (Å²) in [6.45, 7) is 2.99. The van der Waals surface area contributed by atoms with Crippen LogP contribution in [-0.4, -0.2) is 31.7 Å². The lowest BCUT2D eigenvalue weighted by Crippen LogP contribution is -2.31. The highest BCUT2D eigenvalue weighted by molar-refractivity contribution is 6.30. The number of esters is 1. The predicted octanol–water partition coefficient (Wildman–Crippen LogP) is 3.61. The van der Waals surface area contributed by atoms with Gasteiger partial charge in [0.25, 0.3) is 5.91 Å². The monoisotopic (exact) mass is 377 g/mol. The molecule has 7 heteroatoms. The van der Waals surface area contributed by atoms with E-state index in [1.807, 2.05) is 6.92 Å². The van der Waals surface area contributed by atoms with Gasteiger partial charge in [0, 0.05) is 5.02 Å². The van der Waals surface area contributed by atoms with E-state index in [1.165, 1.54) is 14.0 Å². The van der Waals surface area contributed by atoms with Crippen LogP contribution < -0.4 is 14.8 Å². The number of carbonyl (C=O) groups is 2. The van der Waals surface area contributed by atoms with E-state index < -0.39 is 18.0 Å². The van der Waals surface area contributed by atoms with E-state index in [-0.39, 0.29) is 6.61 Å². The van der Waals surface area contributed by atoms with Crippen LogP contribution in [0, 0.1) is 6.92 Å². The van der Waals surface area contributed by atoms with Crippen molar-refractivity contribution in [3.05, 3.63) is 53.1 Å². The molecule has 0 saturated heterocycles. The van der Waals surface area contributed by atoms with Crippen LogP contribution in [-0.2, 0) is 14.3 Å². The zero-order valence-corrected chi connectivity index (χ0v) is 15.5. The molecule has 0 saturated carbocycles. The number of hydrogen-bond acceptors (Lipinski definition) is 5.